The molecule has 2 rings (SSSR count). The number of para-hydroxylation sites is 2. The zero-order valence-electron chi connectivity index (χ0n) is 14.8. The van der Waals surface area contributed by atoms with Gasteiger partial charge in [-0.2, -0.15) is 0 Å². The summed E-state index contributed by atoms with van der Waals surface area (Å²) in [7, 11) is -2.09. The summed E-state index contributed by atoms with van der Waals surface area (Å²) in [5.74, 6) is 0.942. The van der Waals surface area contributed by atoms with Gasteiger partial charge in [0.05, 0.1) is 18.6 Å². The van der Waals surface area contributed by atoms with E-state index < -0.39 is 10.0 Å². The predicted molar refractivity (Wildman–Crippen MR) is 105 cm³/mol. The standard InChI is InChI=1S/C18H21BrN2O5S/c1-25-16-7-2-3-8-17(16)26-12-11-20-18(22)9-10-21-27(23,24)15-6-4-5-14(19)13-15/h2-8,13,21H,9-12H2,1H3,(H,20,22). The quantitative estimate of drug-likeness (QED) is 0.535. The first-order chi connectivity index (χ1) is 12.9. The number of carbonyl (C=O) groups excluding carboxylic acids is 1. The molecule has 0 bridgehead atoms. The van der Waals surface area contributed by atoms with Crippen molar-refractivity contribution < 1.29 is 22.7 Å². The molecule has 2 aromatic carbocycles. The smallest absolute Gasteiger partial charge is 0.240 e. The molecular weight excluding hydrogens is 436 g/mol. The van der Waals surface area contributed by atoms with Crippen molar-refractivity contribution in [2.45, 2.75) is 11.3 Å². The molecule has 1 amide bonds. The number of rotatable bonds is 10. The lowest BCUT2D eigenvalue weighted by molar-refractivity contribution is -0.121. The second-order valence-corrected chi connectivity index (χ2v) is 8.14. The number of ether oxygens (including phenoxy) is 2. The van der Waals surface area contributed by atoms with Gasteiger partial charge in [0.15, 0.2) is 11.5 Å². The minimum atomic E-state index is -3.65. The van der Waals surface area contributed by atoms with E-state index in [0.717, 1.165) is 0 Å². The Morgan fingerprint density at radius 3 is 2.52 bits per heavy atom. The molecule has 0 aliphatic carbocycles. The highest BCUT2D eigenvalue weighted by atomic mass is 79.9. The normalized spacial score (nSPS) is 11.0. The van der Waals surface area contributed by atoms with E-state index in [4.69, 9.17) is 9.47 Å². The first-order valence-corrected chi connectivity index (χ1v) is 10.5. The van der Waals surface area contributed by atoms with E-state index in [-0.39, 0.29) is 30.4 Å². The Bertz CT molecular complexity index is 874. The summed E-state index contributed by atoms with van der Waals surface area (Å²) < 4.78 is 38.1. The van der Waals surface area contributed by atoms with Gasteiger partial charge in [-0.3, -0.25) is 4.79 Å². The molecule has 0 fully saturated rings. The Labute approximate surface area is 167 Å². The van der Waals surface area contributed by atoms with Crippen molar-refractivity contribution in [3.63, 3.8) is 0 Å². The third-order valence-electron chi connectivity index (χ3n) is 3.50. The summed E-state index contributed by atoms with van der Waals surface area (Å²) >= 11 is 3.23. The number of sulfonamides is 1. The molecule has 0 spiro atoms. The van der Waals surface area contributed by atoms with Crippen LogP contribution in [-0.2, 0) is 14.8 Å². The van der Waals surface area contributed by atoms with E-state index in [1.54, 1.807) is 31.4 Å². The lowest BCUT2D eigenvalue weighted by atomic mass is 10.3. The second-order valence-electron chi connectivity index (χ2n) is 5.45. The molecule has 0 heterocycles. The molecule has 0 atom stereocenters. The number of nitrogens with one attached hydrogen (secondary N) is 2. The van der Waals surface area contributed by atoms with Crippen LogP contribution in [0.15, 0.2) is 57.9 Å². The number of halogens is 1. The van der Waals surface area contributed by atoms with E-state index in [1.807, 2.05) is 12.1 Å². The van der Waals surface area contributed by atoms with Gasteiger partial charge in [0.25, 0.3) is 0 Å². The van der Waals surface area contributed by atoms with E-state index >= 15 is 0 Å². The molecular formula is C18H21BrN2O5S. The van der Waals surface area contributed by atoms with Gasteiger partial charge < -0.3 is 14.8 Å². The lowest BCUT2D eigenvalue weighted by Gasteiger charge is -2.11. The summed E-state index contributed by atoms with van der Waals surface area (Å²) in [6, 6.07) is 13.6. The van der Waals surface area contributed by atoms with E-state index in [1.165, 1.54) is 12.1 Å². The Kier molecular flexibility index (Phi) is 8.08. The van der Waals surface area contributed by atoms with Gasteiger partial charge in [0, 0.05) is 17.4 Å². The molecule has 146 valence electrons. The van der Waals surface area contributed by atoms with E-state index in [0.29, 0.717) is 22.5 Å². The Balaban J connectivity index is 1.69. The van der Waals surface area contributed by atoms with Gasteiger partial charge in [-0.1, -0.05) is 34.1 Å². The van der Waals surface area contributed by atoms with Gasteiger partial charge in [-0.15, -0.1) is 0 Å². The molecule has 0 aliphatic heterocycles. The zero-order chi connectivity index (χ0) is 19.7. The highest BCUT2D eigenvalue weighted by Gasteiger charge is 2.14. The highest BCUT2D eigenvalue weighted by molar-refractivity contribution is 9.10. The number of carbonyl (C=O) groups is 1. The highest BCUT2D eigenvalue weighted by Crippen LogP contribution is 2.25. The molecule has 0 aliphatic rings. The molecule has 0 saturated heterocycles. The average molecular weight is 457 g/mol. The van der Waals surface area contributed by atoms with Crippen LogP contribution in [-0.4, -0.2) is 41.1 Å². The minimum absolute atomic E-state index is 0.00798. The minimum Gasteiger partial charge on any atom is -0.493 e. The third-order valence-corrected chi connectivity index (χ3v) is 5.45. The van der Waals surface area contributed by atoms with Crippen molar-refractivity contribution in [3.05, 3.63) is 53.0 Å². The molecule has 9 heteroatoms. The van der Waals surface area contributed by atoms with Gasteiger partial charge in [-0.25, -0.2) is 13.1 Å². The first-order valence-electron chi connectivity index (χ1n) is 8.20. The Hall–Kier alpha value is -2.10. The number of hydrogen-bond donors (Lipinski definition) is 2. The molecule has 2 aromatic rings. The van der Waals surface area contributed by atoms with Crippen molar-refractivity contribution in [3.8, 4) is 11.5 Å². The molecule has 2 N–H and O–H groups in total. The van der Waals surface area contributed by atoms with Gasteiger partial charge in [-0.05, 0) is 30.3 Å². The molecule has 0 unspecified atom stereocenters. The molecule has 7 nitrogen and oxygen atoms in total. The average Bonchev–Trinajstić information content (AvgIpc) is 2.65. The van der Waals surface area contributed by atoms with Crippen molar-refractivity contribution in [1.29, 1.82) is 0 Å². The predicted octanol–water partition coefficient (Wildman–Crippen LogP) is 2.32. The van der Waals surface area contributed by atoms with Crippen LogP contribution in [0.4, 0.5) is 0 Å². The Morgan fingerprint density at radius 2 is 1.81 bits per heavy atom. The molecule has 0 radical (unpaired) electrons. The SMILES string of the molecule is COc1ccccc1OCCNC(=O)CCNS(=O)(=O)c1cccc(Br)c1. The number of methoxy groups -OCH3 is 1. The fraction of sp³-hybridized carbons (Fsp3) is 0.278. The van der Waals surface area contributed by atoms with Crippen LogP contribution in [0.1, 0.15) is 6.42 Å². The maximum absolute atomic E-state index is 12.1. The Morgan fingerprint density at radius 1 is 1.07 bits per heavy atom. The summed E-state index contributed by atoms with van der Waals surface area (Å²) in [6.07, 6.45) is 0.0297. The van der Waals surface area contributed by atoms with E-state index in [9.17, 15) is 13.2 Å². The monoisotopic (exact) mass is 456 g/mol. The third kappa shape index (κ3) is 6.85. The maximum atomic E-state index is 12.1. The number of amides is 1. The molecule has 27 heavy (non-hydrogen) atoms. The van der Waals surface area contributed by atoms with Crippen molar-refractivity contribution in [1.82, 2.24) is 10.0 Å². The van der Waals surface area contributed by atoms with Crippen LogP contribution in [0, 0.1) is 0 Å². The molecule has 0 aromatic heterocycles. The van der Waals surface area contributed by atoms with Gasteiger partial charge >= 0.3 is 0 Å². The summed E-state index contributed by atoms with van der Waals surface area (Å²) in [5, 5.41) is 2.68. The van der Waals surface area contributed by atoms with Crippen molar-refractivity contribution >= 4 is 31.9 Å². The fourth-order valence-corrected chi connectivity index (χ4v) is 3.82. The number of hydrogen-bond acceptors (Lipinski definition) is 5. The first kappa shape index (κ1) is 21.2. The van der Waals surface area contributed by atoms with Crippen molar-refractivity contribution in [2.75, 3.05) is 26.8 Å². The van der Waals surface area contributed by atoms with Crippen molar-refractivity contribution in [2.24, 2.45) is 0 Å². The van der Waals surface area contributed by atoms with Crippen LogP contribution in [0.3, 0.4) is 0 Å². The van der Waals surface area contributed by atoms with Crippen LogP contribution < -0.4 is 19.5 Å². The lowest BCUT2D eigenvalue weighted by Crippen LogP contribution is -2.32. The summed E-state index contributed by atoms with van der Waals surface area (Å²) in [4.78, 5) is 12.0. The fourth-order valence-electron chi connectivity index (χ4n) is 2.19. The van der Waals surface area contributed by atoms with Crippen LogP contribution in [0.5, 0.6) is 11.5 Å². The van der Waals surface area contributed by atoms with Gasteiger partial charge in [0.2, 0.25) is 15.9 Å². The van der Waals surface area contributed by atoms with Crippen LogP contribution in [0.2, 0.25) is 0 Å². The maximum Gasteiger partial charge on any atom is 0.240 e. The molecule has 0 saturated carbocycles. The topological polar surface area (TPSA) is 93.7 Å². The van der Waals surface area contributed by atoms with Crippen LogP contribution in [0.25, 0.3) is 0 Å². The summed E-state index contributed by atoms with van der Waals surface area (Å²) in [5.41, 5.74) is 0. The zero-order valence-corrected chi connectivity index (χ0v) is 17.2. The number of benzene rings is 2. The largest absolute Gasteiger partial charge is 0.493 e. The van der Waals surface area contributed by atoms with Gasteiger partial charge in [0.1, 0.15) is 6.61 Å². The van der Waals surface area contributed by atoms with E-state index in [2.05, 4.69) is 26.0 Å². The van der Waals surface area contributed by atoms with Crippen LogP contribution >= 0.6 is 15.9 Å². The summed E-state index contributed by atoms with van der Waals surface area (Å²) in [6.45, 7) is 0.583. The second kappa shape index (κ2) is 10.3.